The minimum Gasteiger partial charge on any atom is -0.455 e. The van der Waals surface area contributed by atoms with Crippen molar-refractivity contribution in [3.8, 4) is 17.6 Å². The summed E-state index contributed by atoms with van der Waals surface area (Å²) in [7, 11) is 3.47. The van der Waals surface area contributed by atoms with Crippen molar-refractivity contribution < 1.29 is 26.7 Å². The maximum Gasteiger partial charge on any atom is 0.453 e. The molecule has 150 valence electrons. The van der Waals surface area contributed by atoms with Gasteiger partial charge in [-0.25, -0.2) is 0 Å². The van der Waals surface area contributed by atoms with Crippen LogP contribution in [0.4, 0.5) is 27.6 Å². The predicted molar refractivity (Wildman–Crippen MR) is 94.2 cm³/mol. The SMILES string of the molecule is CN(C)Cc1cc(C#N)c(CC(F)(F)C(F)(F)F)cc1Oc1ccccc1N. The highest BCUT2D eigenvalue weighted by Gasteiger charge is 2.57. The lowest BCUT2D eigenvalue weighted by Gasteiger charge is -2.22. The Bertz CT molecular complexity index is 888. The lowest BCUT2D eigenvalue weighted by atomic mass is 9.97. The normalized spacial score (nSPS) is 12.1. The third-order valence-electron chi connectivity index (χ3n) is 3.86. The van der Waals surface area contributed by atoms with Crippen LogP contribution in [0.1, 0.15) is 16.7 Å². The van der Waals surface area contributed by atoms with E-state index in [2.05, 4.69) is 0 Å². The van der Waals surface area contributed by atoms with Gasteiger partial charge in [0.1, 0.15) is 11.5 Å². The van der Waals surface area contributed by atoms with Gasteiger partial charge < -0.3 is 15.4 Å². The van der Waals surface area contributed by atoms with E-state index < -0.39 is 24.1 Å². The second-order valence-corrected chi connectivity index (χ2v) is 6.49. The number of benzene rings is 2. The molecule has 0 unspecified atom stereocenters. The van der Waals surface area contributed by atoms with E-state index in [1.165, 1.54) is 12.1 Å². The quantitative estimate of drug-likeness (QED) is 0.563. The first-order valence-electron chi connectivity index (χ1n) is 8.12. The highest BCUT2D eigenvalue weighted by Crippen LogP contribution is 2.40. The molecule has 0 atom stereocenters. The summed E-state index contributed by atoms with van der Waals surface area (Å²) >= 11 is 0. The van der Waals surface area contributed by atoms with Gasteiger partial charge in [-0.2, -0.15) is 27.2 Å². The third kappa shape index (κ3) is 4.89. The molecule has 0 radical (unpaired) electrons. The van der Waals surface area contributed by atoms with Crippen LogP contribution in [0.2, 0.25) is 0 Å². The standard InChI is InChI=1S/C19H18F5N3O/c1-27(2)11-14-7-13(10-25)12(9-18(20,21)19(22,23)24)8-17(14)28-16-6-4-3-5-15(16)26/h3-8H,9,11,26H2,1-2H3. The molecule has 4 nitrogen and oxygen atoms in total. The fourth-order valence-electron chi connectivity index (χ4n) is 2.51. The summed E-state index contributed by atoms with van der Waals surface area (Å²) in [6.45, 7) is 0.271. The molecule has 2 aromatic carbocycles. The van der Waals surface area contributed by atoms with Gasteiger partial charge in [0, 0.05) is 18.5 Å². The van der Waals surface area contributed by atoms with Gasteiger partial charge in [-0.05, 0) is 43.9 Å². The summed E-state index contributed by atoms with van der Waals surface area (Å²) in [6, 6.07) is 10.4. The Morgan fingerprint density at radius 3 is 2.21 bits per heavy atom. The first kappa shape index (κ1) is 21.4. The number of halogens is 5. The molecule has 0 bridgehead atoms. The molecule has 0 aliphatic carbocycles. The van der Waals surface area contributed by atoms with Gasteiger partial charge in [-0.1, -0.05) is 12.1 Å². The first-order chi connectivity index (χ1) is 12.9. The zero-order chi connectivity index (χ0) is 21.1. The first-order valence-corrected chi connectivity index (χ1v) is 8.12. The van der Waals surface area contributed by atoms with E-state index in [0.29, 0.717) is 5.56 Å². The highest BCUT2D eigenvalue weighted by atomic mass is 19.4. The van der Waals surface area contributed by atoms with Gasteiger partial charge in [0.15, 0.2) is 0 Å². The number of nitrogens with zero attached hydrogens (tertiary/aromatic N) is 2. The van der Waals surface area contributed by atoms with Gasteiger partial charge in [0.2, 0.25) is 0 Å². The van der Waals surface area contributed by atoms with Crippen LogP contribution in [0.25, 0.3) is 0 Å². The van der Waals surface area contributed by atoms with Crippen molar-refractivity contribution in [1.82, 2.24) is 4.90 Å². The second-order valence-electron chi connectivity index (χ2n) is 6.49. The number of anilines is 1. The number of hydrogen-bond donors (Lipinski definition) is 1. The fraction of sp³-hybridized carbons (Fsp3) is 0.316. The Morgan fingerprint density at radius 1 is 1.04 bits per heavy atom. The minimum atomic E-state index is -5.73. The number of hydrogen-bond acceptors (Lipinski definition) is 4. The molecular formula is C19H18F5N3O. The molecule has 0 aliphatic heterocycles. The van der Waals surface area contributed by atoms with E-state index in [0.717, 1.165) is 6.07 Å². The van der Waals surface area contributed by atoms with Crippen molar-refractivity contribution in [2.75, 3.05) is 19.8 Å². The average Bonchev–Trinajstić information content (AvgIpc) is 2.57. The maximum absolute atomic E-state index is 13.6. The van der Waals surface area contributed by atoms with Gasteiger partial charge in [-0.15, -0.1) is 0 Å². The Hall–Kier alpha value is -2.86. The Labute approximate surface area is 158 Å². The number of nitriles is 1. The number of ether oxygens (including phenoxy) is 1. The number of nitrogen functional groups attached to an aromatic ring is 1. The van der Waals surface area contributed by atoms with Crippen LogP contribution in [0.15, 0.2) is 36.4 Å². The summed E-state index contributed by atoms with van der Waals surface area (Å²) in [5.41, 5.74) is 5.80. The fourth-order valence-corrected chi connectivity index (χ4v) is 2.51. The van der Waals surface area contributed by atoms with Crippen LogP contribution >= 0.6 is 0 Å². The highest BCUT2D eigenvalue weighted by molar-refractivity contribution is 5.56. The lowest BCUT2D eigenvalue weighted by molar-refractivity contribution is -0.281. The van der Waals surface area contributed by atoms with Gasteiger partial charge >= 0.3 is 12.1 Å². The molecule has 0 fully saturated rings. The molecule has 0 saturated heterocycles. The summed E-state index contributed by atoms with van der Waals surface area (Å²) in [5.74, 6) is -4.70. The molecule has 0 saturated carbocycles. The molecule has 28 heavy (non-hydrogen) atoms. The number of nitrogens with two attached hydrogens (primary N) is 1. The molecule has 2 rings (SSSR count). The van der Waals surface area contributed by atoms with E-state index in [-0.39, 0.29) is 29.3 Å². The summed E-state index contributed by atoms with van der Waals surface area (Å²) in [6.07, 6.45) is -7.39. The van der Waals surface area contributed by atoms with Crippen molar-refractivity contribution in [2.24, 2.45) is 0 Å². The molecule has 0 spiro atoms. The second kappa shape index (κ2) is 8.02. The van der Waals surface area contributed by atoms with Gasteiger partial charge in [0.25, 0.3) is 0 Å². The number of alkyl halides is 5. The lowest BCUT2D eigenvalue weighted by Crippen LogP contribution is -2.38. The molecule has 0 aliphatic rings. The van der Waals surface area contributed by atoms with Crippen molar-refractivity contribution in [3.63, 3.8) is 0 Å². The monoisotopic (exact) mass is 399 g/mol. The summed E-state index contributed by atoms with van der Waals surface area (Å²) in [4.78, 5) is 1.74. The van der Waals surface area contributed by atoms with Crippen LogP contribution in [-0.4, -0.2) is 31.1 Å². The van der Waals surface area contributed by atoms with E-state index in [1.54, 1.807) is 43.3 Å². The van der Waals surface area contributed by atoms with Crippen LogP contribution < -0.4 is 10.5 Å². The Kier molecular flexibility index (Phi) is 6.14. The van der Waals surface area contributed by atoms with E-state index in [1.807, 2.05) is 0 Å². The predicted octanol–water partition coefficient (Wildman–Crippen LogP) is 4.73. The Balaban J connectivity index is 2.55. The van der Waals surface area contributed by atoms with Crippen molar-refractivity contribution in [3.05, 3.63) is 53.1 Å². The van der Waals surface area contributed by atoms with Crippen molar-refractivity contribution in [1.29, 1.82) is 5.26 Å². The molecule has 0 aromatic heterocycles. The number of para-hydroxylation sites is 2. The number of rotatable bonds is 6. The minimum absolute atomic E-state index is 0.0542. The summed E-state index contributed by atoms with van der Waals surface area (Å²) < 4.78 is 70.7. The molecule has 2 aromatic rings. The van der Waals surface area contributed by atoms with Gasteiger partial charge in [-0.3, -0.25) is 0 Å². The largest absolute Gasteiger partial charge is 0.455 e. The van der Waals surface area contributed by atoms with Crippen LogP contribution in [0, 0.1) is 11.3 Å². The van der Waals surface area contributed by atoms with Gasteiger partial charge in [0.05, 0.1) is 17.3 Å². The average molecular weight is 399 g/mol. The molecular weight excluding hydrogens is 381 g/mol. The topological polar surface area (TPSA) is 62.3 Å². The third-order valence-corrected chi connectivity index (χ3v) is 3.86. The van der Waals surface area contributed by atoms with Crippen molar-refractivity contribution in [2.45, 2.75) is 25.1 Å². The molecule has 0 amide bonds. The zero-order valence-corrected chi connectivity index (χ0v) is 15.1. The molecule has 0 heterocycles. The van der Waals surface area contributed by atoms with Crippen molar-refractivity contribution >= 4 is 5.69 Å². The zero-order valence-electron chi connectivity index (χ0n) is 15.1. The smallest absolute Gasteiger partial charge is 0.453 e. The van der Waals surface area contributed by atoms with E-state index in [4.69, 9.17) is 10.5 Å². The van der Waals surface area contributed by atoms with Crippen LogP contribution in [-0.2, 0) is 13.0 Å². The summed E-state index contributed by atoms with van der Waals surface area (Å²) in [5, 5.41) is 9.25. The van der Waals surface area contributed by atoms with Crippen LogP contribution in [0.3, 0.4) is 0 Å². The Morgan fingerprint density at radius 2 is 1.68 bits per heavy atom. The van der Waals surface area contributed by atoms with Crippen LogP contribution in [0.5, 0.6) is 11.5 Å². The van der Waals surface area contributed by atoms with E-state index >= 15 is 0 Å². The maximum atomic E-state index is 13.6. The molecule has 9 heteroatoms. The van der Waals surface area contributed by atoms with E-state index in [9.17, 15) is 27.2 Å². The molecule has 2 N–H and O–H groups in total.